The topological polar surface area (TPSA) is 17.8 Å². The van der Waals surface area contributed by atoms with Gasteiger partial charge < -0.3 is 4.57 Å². The van der Waals surface area contributed by atoms with Crippen LogP contribution in [0.15, 0.2) is 18.2 Å². The van der Waals surface area contributed by atoms with Crippen LogP contribution >= 0.6 is 23.2 Å². The minimum absolute atomic E-state index is 0.430. The first-order chi connectivity index (χ1) is 7.61. The molecule has 4 heteroatoms. The number of hydrogen-bond donors (Lipinski definition) is 0. The second kappa shape index (κ2) is 4.64. The zero-order valence-corrected chi connectivity index (χ0v) is 10.9. The highest BCUT2D eigenvalue weighted by Gasteiger charge is 2.11. The van der Waals surface area contributed by atoms with Crippen molar-refractivity contribution in [1.29, 1.82) is 0 Å². The van der Waals surface area contributed by atoms with Crippen LogP contribution in [0.4, 0.5) is 0 Å². The molecule has 0 fully saturated rings. The number of rotatable bonds is 3. The summed E-state index contributed by atoms with van der Waals surface area (Å²) in [6, 6.07) is 5.74. The van der Waals surface area contributed by atoms with Crippen LogP contribution in [-0.4, -0.2) is 9.55 Å². The van der Waals surface area contributed by atoms with Gasteiger partial charge in [-0.15, -0.1) is 11.6 Å². The molecular formula is C12H14Cl2N2. The van der Waals surface area contributed by atoms with E-state index in [-0.39, 0.29) is 0 Å². The van der Waals surface area contributed by atoms with Gasteiger partial charge in [0, 0.05) is 11.6 Å². The first-order valence-electron chi connectivity index (χ1n) is 5.32. The van der Waals surface area contributed by atoms with Gasteiger partial charge in [-0.3, -0.25) is 0 Å². The smallest absolute Gasteiger partial charge is 0.124 e. The third kappa shape index (κ3) is 2.18. The number of hydrogen-bond acceptors (Lipinski definition) is 1. The van der Waals surface area contributed by atoms with Crippen molar-refractivity contribution in [1.82, 2.24) is 9.55 Å². The molecule has 0 N–H and O–H groups in total. The van der Waals surface area contributed by atoms with Crippen molar-refractivity contribution in [3.05, 3.63) is 29.0 Å². The highest BCUT2D eigenvalue weighted by molar-refractivity contribution is 6.31. The summed E-state index contributed by atoms with van der Waals surface area (Å²) in [6.45, 7) is 5.27. The van der Waals surface area contributed by atoms with E-state index in [9.17, 15) is 0 Å². The Morgan fingerprint density at radius 3 is 2.75 bits per heavy atom. The summed E-state index contributed by atoms with van der Waals surface area (Å²) in [5, 5.41) is 0.735. The molecule has 0 saturated carbocycles. The lowest BCUT2D eigenvalue weighted by atomic mass is 10.2. The Hall–Kier alpha value is -0.730. The van der Waals surface area contributed by atoms with E-state index in [1.807, 2.05) is 18.2 Å². The summed E-state index contributed by atoms with van der Waals surface area (Å²) in [5.41, 5.74) is 2.03. The average Bonchev–Trinajstić information content (AvgIpc) is 2.56. The summed E-state index contributed by atoms with van der Waals surface area (Å²) < 4.78 is 2.15. The Morgan fingerprint density at radius 1 is 1.38 bits per heavy atom. The molecule has 1 heterocycles. The largest absolute Gasteiger partial charge is 0.327 e. The zero-order chi connectivity index (χ0) is 11.7. The molecule has 0 saturated heterocycles. The van der Waals surface area contributed by atoms with Crippen molar-refractivity contribution >= 4 is 34.2 Å². The molecule has 2 nitrogen and oxygen atoms in total. The number of imidazole rings is 1. The van der Waals surface area contributed by atoms with Crippen molar-refractivity contribution < 1.29 is 0 Å². The predicted molar refractivity (Wildman–Crippen MR) is 69.1 cm³/mol. The predicted octanol–water partition coefficient (Wildman–Crippen LogP) is 4.08. The first kappa shape index (κ1) is 11.7. The molecule has 1 aromatic carbocycles. The molecule has 16 heavy (non-hydrogen) atoms. The molecule has 0 bridgehead atoms. The summed E-state index contributed by atoms with van der Waals surface area (Å²) in [7, 11) is 0. The maximum absolute atomic E-state index is 6.01. The molecular weight excluding hydrogens is 243 g/mol. The van der Waals surface area contributed by atoms with Gasteiger partial charge in [0.05, 0.1) is 16.9 Å². The van der Waals surface area contributed by atoms with Gasteiger partial charge in [-0.25, -0.2) is 4.98 Å². The van der Waals surface area contributed by atoms with E-state index < -0.39 is 0 Å². The van der Waals surface area contributed by atoms with Crippen LogP contribution in [0.25, 0.3) is 11.0 Å². The maximum atomic E-state index is 6.01. The summed E-state index contributed by atoms with van der Waals surface area (Å²) in [6.07, 6.45) is 0. The van der Waals surface area contributed by atoms with Gasteiger partial charge in [0.15, 0.2) is 0 Å². The van der Waals surface area contributed by atoms with Gasteiger partial charge in [0.1, 0.15) is 5.82 Å². The highest BCUT2D eigenvalue weighted by Crippen LogP contribution is 2.22. The summed E-state index contributed by atoms with van der Waals surface area (Å²) in [4.78, 5) is 4.50. The molecule has 0 amide bonds. The average molecular weight is 257 g/mol. The van der Waals surface area contributed by atoms with Gasteiger partial charge in [-0.1, -0.05) is 25.4 Å². The molecule has 0 spiro atoms. The van der Waals surface area contributed by atoms with Crippen LogP contribution < -0.4 is 0 Å². The van der Waals surface area contributed by atoms with Crippen LogP contribution in [0.3, 0.4) is 0 Å². The van der Waals surface area contributed by atoms with Crippen LogP contribution in [0.5, 0.6) is 0 Å². The maximum Gasteiger partial charge on any atom is 0.124 e. The Balaban J connectivity index is 2.60. The Kier molecular flexibility index (Phi) is 3.41. The molecule has 0 atom stereocenters. The number of aromatic nitrogens is 2. The number of fused-ring (bicyclic) bond motifs is 1. The molecule has 1 aromatic heterocycles. The second-order valence-corrected chi connectivity index (χ2v) is 5.00. The lowest BCUT2D eigenvalue weighted by Crippen LogP contribution is -2.07. The number of halogens is 2. The lowest BCUT2D eigenvalue weighted by Gasteiger charge is -2.10. The van der Waals surface area contributed by atoms with Gasteiger partial charge in [0.25, 0.3) is 0 Å². The number of alkyl halides is 1. The van der Waals surface area contributed by atoms with Gasteiger partial charge in [0.2, 0.25) is 0 Å². The van der Waals surface area contributed by atoms with Crippen molar-refractivity contribution in [2.75, 3.05) is 0 Å². The fourth-order valence-electron chi connectivity index (χ4n) is 1.82. The molecule has 0 aliphatic heterocycles. The van der Waals surface area contributed by atoms with Crippen molar-refractivity contribution in [2.24, 2.45) is 5.92 Å². The number of nitrogens with zero attached hydrogens (tertiary/aromatic N) is 2. The van der Waals surface area contributed by atoms with Crippen molar-refractivity contribution in [2.45, 2.75) is 26.3 Å². The van der Waals surface area contributed by atoms with Crippen LogP contribution in [0.2, 0.25) is 5.02 Å². The Bertz CT molecular complexity index is 503. The number of benzene rings is 1. The molecule has 0 aliphatic rings. The molecule has 0 aliphatic carbocycles. The fraction of sp³-hybridized carbons (Fsp3) is 0.417. The Labute approximate surface area is 105 Å². The highest BCUT2D eigenvalue weighted by atomic mass is 35.5. The van der Waals surface area contributed by atoms with E-state index >= 15 is 0 Å². The Morgan fingerprint density at radius 2 is 2.12 bits per heavy atom. The molecule has 86 valence electrons. The molecule has 0 radical (unpaired) electrons. The van der Waals surface area contributed by atoms with E-state index in [0.29, 0.717) is 11.8 Å². The fourth-order valence-corrected chi connectivity index (χ4v) is 2.19. The quantitative estimate of drug-likeness (QED) is 0.757. The van der Waals surface area contributed by atoms with Gasteiger partial charge in [-0.05, 0) is 24.1 Å². The van der Waals surface area contributed by atoms with Crippen LogP contribution in [0.1, 0.15) is 19.7 Å². The standard InChI is InChI=1S/C12H14Cl2N2/c1-8(2)7-16-11-5-9(14)3-4-10(11)15-12(16)6-13/h3-5,8H,6-7H2,1-2H3. The van der Waals surface area contributed by atoms with Crippen LogP contribution in [0, 0.1) is 5.92 Å². The van der Waals surface area contributed by atoms with E-state index in [0.717, 1.165) is 28.4 Å². The van der Waals surface area contributed by atoms with Gasteiger partial charge in [-0.2, -0.15) is 0 Å². The van der Waals surface area contributed by atoms with Crippen molar-refractivity contribution in [3.8, 4) is 0 Å². The van der Waals surface area contributed by atoms with E-state index in [4.69, 9.17) is 23.2 Å². The normalized spacial score (nSPS) is 11.6. The molecule has 2 aromatic rings. The third-order valence-corrected chi connectivity index (χ3v) is 2.93. The van der Waals surface area contributed by atoms with Crippen molar-refractivity contribution in [3.63, 3.8) is 0 Å². The lowest BCUT2D eigenvalue weighted by molar-refractivity contribution is 0.522. The molecule has 0 unspecified atom stereocenters. The minimum Gasteiger partial charge on any atom is -0.327 e. The minimum atomic E-state index is 0.430. The van der Waals surface area contributed by atoms with E-state index in [2.05, 4.69) is 23.4 Å². The first-order valence-corrected chi connectivity index (χ1v) is 6.23. The molecule has 2 rings (SSSR count). The van der Waals surface area contributed by atoms with Gasteiger partial charge >= 0.3 is 0 Å². The van der Waals surface area contributed by atoms with E-state index in [1.165, 1.54) is 0 Å². The monoisotopic (exact) mass is 256 g/mol. The summed E-state index contributed by atoms with van der Waals surface area (Å²) >= 11 is 11.9. The SMILES string of the molecule is CC(C)Cn1c(CCl)nc2ccc(Cl)cc21. The zero-order valence-electron chi connectivity index (χ0n) is 9.37. The van der Waals surface area contributed by atoms with Crippen LogP contribution in [-0.2, 0) is 12.4 Å². The third-order valence-electron chi connectivity index (χ3n) is 2.46. The summed E-state index contributed by atoms with van der Waals surface area (Å²) in [5.74, 6) is 1.89. The second-order valence-electron chi connectivity index (χ2n) is 4.30. The van der Waals surface area contributed by atoms with E-state index in [1.54, 1.807) is 0 Å².